The Morgan fingerprint density at radius 1 is 0.967 bits per heavy atom. The van der Waals surface area contributed by atoms with Crippen molar-refractivity contribution in [2.45, 2.75) is 40.4 Å². The highest BCUT2D eigenvalue weighted by Gasteiger charge is 2.31. The van der Waals surface area contributed by atoms with Crippen molar-refractivity contribution in [3.63, 3.8) is 0 Å². The average Bonchev–Trinajstić information content (AvgIpc) is 2.91. The molecule has 1 aromatic heterocycles. The van der Waals surface area contributed by atoms with E-state index in [9.17, 15) is 22.8 Å². The third-order valence-corrected chi connectivity index (χ3v) is 5.94. The molecule has 0 saturated carbocycles. The molecule has 30 heavy (non-hydrogen) atoms. The minimum atomic E-state index is -4.41. The van der Waals surface area contributed by atoms with Crippen molar-refractivity contribution in [1.82, 2.24) is 14.4 Å². The Bertz CT molecular complexity index is 971. The number of aromatic nitrogens is 1. The van der Waals surface area contributed by atoms with Gasteiger partial charge in [-0.05, 0) is 49.6 Å². The topological polar surface area (TPSA) is 45.6 Å². The Labute approximate surface area is 174 Å². The number of halogens is 3. The maximum Gasteiger partial charge on any atom is 0.416 e. The summed E-state index contributed by atoms with van der Waals surface area (Å²) < 4.78 is 41.1. The zero-order chi connectivity index (χ0) is 22.2. The summed E-state index contributed by atoms with van der Waals surface area (Å²) in [5.41, 5.74) is 2.92. The highest BCUT2D eigenvalue weighted by atomic mass is 19.4. The number of carbonyl (C=O) groups excluding carboxylic acids is 2. The fourth-order valence-corrected chi connectivity index (χ4v) is 3.90. The molecule has 1 aliphatic heterocycles. The zero-order valence-electron chi connectivity index (χ0n) is 17.6. The summed E-state index contributed by atoms with van der Waals surface area (Å²) >= 11 is 0. The van der Waals surface area contributed by atoms with Crippen molar-refractivity contribution < 1.29 is 22.8 Å². The average molecular weight is 421 g/mol. The first-order valence-electron chi connectivity index (χ1n) is 9.88. The molecule has 0 radical (unpaired) electrons. The lowest BCUT2D eigenvalue weighted by molar-refractivity contribution is -0.137. The van der Waals surface area contributed by atoms with Crippen molar-refractivity contribution in [3.05, 3.63) is 57.9 Å². The molecule has 2 aromatic rings. The van der Waals surface area contributed by atoms with Crippen molar-refractivity contribution in [3.8, 4) is 0 Å². The van der Waals surface area contributed by atoms with Gasteiger partial charge in [-0.15, -0.1) is 0 Å². The SMILES string of the molecule is CC(=O)N1CCN(C(=O)c2c(C)c(C)c(C)n2Cc2cccc(C(F)(F)F)c2)CC1. The second kappa shape index (κ2) is 8.16. The molecule has 2 heterocycles. The van der Waals surface area contributed by atoms with Gasteiger partial charge in [-0.25, -0.2) is 0 Å². The molecule has 2 amide bonds. The second-order valence-electron chi connectivity index (χ2n) is 7.77. The van der Waals surface area contributed by atoms with Crippen LogP contribution in [0.2, 0.25) is 0 Å². The number of nitrogens with zero attached hydrogens (tertiary/aromatic N) is 3. The molecule has 1 fully saturated rings. The number of hydrogen-bond donors (Lipinski definition) is 0. The van der Waals surface area contributed by atoms with E-state index in [2.05, 4.69) is 0 Å². The summed E-state index contributed by atoms with van der Waals surface area (Å²) in [6, 6.07) is 5.20. The number of benzene rings is 1. The van der Waals surface area contributed by atoms with Gasteiger partial charge in [0.2, 0.25) is 5.91 Å². The first-order valence-corrected chi connectivity index (χ1v) is 9.88. The van der Waals surface area contributed by atoms with Crippen LogP contribution in [0, 0.1) is 20.8 Å². The highest BCUT2D eigenvalue weighted by Crippen LogP contribution is 2.30. The van der Waals surface area contributed by atoms with Gasteiger partial charge in [0.1, 0.15) is 5.69 Å². The Kier molecular flexibility index (Phi) is 5.97. The number of piperazine rings is 1. The maximum absolute atomic E-state index is 13.3. The number of hydrogen-bond acceptors (Lipinski definition) is 2. The van der Waals surface area contributed by atoms with Gasteiger partial charge in [-0.1, -0.05) is 12.1 Å². The van der Waals surface area contributed by atoms with Gasteiger partial charge < -0.3 is 14.4 Å². The zero-order valence-corrected chi connectivity index (χ0v) is 17.6. The van der Waals surface area contributed by atoms with E-state index >= 15 is 0 Å². The van der Waals surface area contributed by atoms with E-state index in [-0.39, 0.29) is 18.4 Å². The van der Waals surface area contributed by atoms with Crippen molar-refractivity contribution in [2.75, 3.05) is 26.2 Å². The predicted molar refractivity (Wildman–Crippen MR) is 107 cm³/mol. The number of rotatable bonds is 3. The molecule has 0 spiro atoms. The normalized spacial score (nSPS) is 14.9. The molecular formula is C22H26F3N3O2. The van der Waals surface area contributed by atoms with Crippen LogP contribution in [0.25, 0.3) is 0 Å². The van der Waals surface area contributed by atoms with Crippen molar-refractivity contribution in [1.29, 1.82) is 0 Å². The first kappa shape index (κ1) is 21.9. The lowest BCUT2D eigenvalue weighted by Crippen LogP contribution is -2.50. The molecule has 0 atom stereocenters. The molecule has 162 valence electrons. The second-order valence-corrected chi connectivity index (χ2v) is 7.77. The summed E-state index contributed by atoms with van der Waals surface area (Å²) in [6.45, 7) is 9.17. The van der Waals surface area contributed by atoms with E-state index in [0.29, 0.717) is 37.4 Å². The largest absolute Gasteiger partial charge is 0.416 e. The van der Waals surface area contributed by atoms with E-state index in [0.717, 1.165) is 29.0 Å². The van der Waals surface area contributed by atoms with Gasteiger partial charge in [0.05, 0.1) is 5.56 Å². The van der Waals surface area contributed by atoms with Gasteiger partial charge in [0.25, 0.3) is 5.91 Å². The fraction of sp³-hybridized carbons (Fsp3) is 0.455. The van der Waals surface area contributed by atoms with E-state index in [4.69, 9.17) is 0 Å². The summed E-state index contributed by atoms with van der Waals surface area (Å²) in [5, 5.41) is 0. The molecule has 1 aliphatic rings. The lowest BCUT2D eigenvalue weighted by Gasteiger charge is -2.34. The quantitative estimate of drug-likeness (QED) is 0.757. The Balaban J connectivity index is 1.91. The summed E-state index contributed by atoms with van der Waals surface area (Å²) in [5.74, 6) is -0.170. The number of carbonyl (C=O) groups is 2. The predicted octanol–water partition coefficient (Wildman–Crippen LogP) is 3.78. The first-order chi connectivity index (χ1) is 14.0. The Morgan fingerprint density at radius 2 is 1.57 bits per heavy atom. The Morgan fingerprint density at radius 3 is 2.13 bits per heavy atom. The number of amides is 2. The van der Waals surface area contributed by atoms with Crippen LogP contribution in [-0.4, -0.2) is 52.4 Å². The summed E-state index contributed by atoms with van der Waals surface area (Å²) in [7, 11) is 0. The van der Waals surface area contributed by atoms with E-state index in [1.54, 1.807) is 20.4 Å². The monoisotopic (exact) mass is 421 g/mol. The fourth-order valence-electron chi connectivity index (χ4n) is 3.90. The molecule has 5 nitrogen and oxygen atoms in total. The van der Waals surface area contributed by atoms with Gasteiger partial charge >= 0.3 is 6.18 Å². The van der Waals surface area contributed by atoms with Crippen LogP contribution in [0.3, 0.4) is 0 Å². The van der Waals surface area contributed by atoms with Crippen LogP contribution in [-0.2, 0) is 17.5 Å². The molecule has 3 rings (SSSR count). The smallest absolute Gasteiger partial charge is 0.339 e. The molecule has 8 heteroatoms. The van der Waals surface area contributed by atoms with Gasteiger partial charge in [-0.2, -0.15) is 13.2 Å². The van der Waals surface area contributed by atoms with Crippen LogP contribution in [0.4, 0.5) is 13.2 Å². The van der Waals surface area contributed by atoms with Crippen LogP contribution < -0.4 is 0 Å². The standard InChI is InChI=1S/C22H26F3N3O2/c1-14-15(2)20(21(30)27-10-8-26(9-11-27)17(4)29)28(16(14)3)13-18-6-5-7-19(12-18)22(23,24)25/h5-7,12H,8-11,13H2,1-4H3. The third kappa shape index (κ3) is 4.22. The van der Waals surface area contributed by atoms with Gasteiger partial charge in [-0.3, -0.25) is 9.59 Å². The Hall–Kier alpha value is -2.77. The van der Waals surface area contributed by atoms with E-state index in [1.807, 2.05) is 20.8 Å². The summed E-state index contributed by atoms with van der Waals surface area (Å²) in [6.07, 6.45) is -4.41. The molecule has 0 aliphatic carbocycles. The van der Waals surface area contributed by atoms with Crippen LogP contribution in [0.5, 0.6) is 0 Å². The molecular weight excluding hydrogens is 395 g/mol. The molecule has 0 bridgehead atoms. The van der Waals surface area contributed by atoms with Gasteiger partial charge in [0.15, 0.2) is 0 Å². The minimum absolute atomic E-state index is 0.0158. The molecule has 0 unspecified atom stereocenters. The molecule has 1 saturated heterocycles. The van der Waals surface area contributed by atoms with E-state index in [1.165, 1.54) is 13.0 Å². The van der Waals surface area contributed by atoms with Crippen molar-refractivity contribution in [2.24, 2.45) is 0 Å². The van der Waals surface area contributed by atoms with Crippen LogP contribution >= 0.6 is 0 Å². The van der Waals surface area contributed by atoms with Crippen molar-refractivity contribution >= 4 is 11.8 Å². The minimum Gasteiger partial charge on any atom is -0.339 e. The molecule has 1 aromatic carbocycles. The number of alkyl halides is 3. The molecule has 0 N–H and O–H groups in total. The highest BCUT2D eigenvalue weighted by molar-refractivity contribution is 5.95. The van der Waals surface area contributed by atoms with E-state index < -0.39 is 11.7 Å². The lowest BCUT2D eigenvalue weighted by atomic mass is 10.1. The maximum atomic E-state index is 13.3. The van der Waals surface area contributed by atoms with Gasteiger partial charge in [0, 0.05) is 45.3 Å². The van der Waals surface area contributed by atoms with Crippen LogP contribution in [0.15, 0.2) is 24.3 Å². The summed E-state index contributed by atoms with van der Waals surface area (Å²) in [4.78, 5) is 28.3. The van der Waals surface area contributed by atoms with Crippen LogP contribution in [0.1, 0.15) is 45.4 Å². The third-order valence-electron chi connectivity index (χ3n) is 5.94.